The van der Waals surface area contributed by atoms with Crippen LogP contribution in [0.5, 0.6) is 0 Å². The predicted octanol–water partition coefficient (Wildman–Crippen LogP) is 5.51. The van der Waals surface area contributed by atoms with Gasteiger partial charge in [-0.15, -0.1) is 0 Å². The Hall–Kier alpha value is -4.00. The number of hydrogen-bond donors (Lipinski definition) is 2. The van der Waals surface area contributed by atoms with E-state index in [0.717, 1.165) is 17.2 Å². The number of ketones is 1. The van der Waals surface area contributed by atoms with Crippen LogP contribution in [0, 0.1) is 5.92 Å². The maximum Gasteiger partial charge on any atom is 0.251 e. The van der Waals surface area contributed by atoms with Crippen LogP contribution in [0.3, 0.4) is 0 Å². The number of halogens is 1. The largest absolute Gasteiger partial charge is 0.325 e. The minimum atomic E-state index is -1.47. The van der Waals surface area contributed by atoms with Crippen LogP contribution in [-0.2, 0) is 20.5 Å². The fourth-order valence-electron chi connectivity index (χ4n) is 8.09. The number of amides is 2. The number of nitrogens with zero attached hydrogens (tertiary/aromatic N) is 1. The molecular formula is C32H24ClN3O3. The first-order valence-corrected chi connectivity index (χ1v) is 13.7. The monoisotopic (exact) mass is 533 g/mol. The molecule has 4 heterocycles. The standard InChI is InChI=1S/C32H24ClN3O3/c33-23-11-5-10-22-27(23)35-30(39)32(22)31(21-9-3-4-12-24(21)34-29(31)38)26(25-13-6-16-36(25)32)28(37)20-15-14-18-7-1-2-8-19(18)17-20/h1-5,7-12,14-15,17,25-26H,6,13,16H2,(H,34,38)(H,35,39)/t25-,26-,31-,32+/m0/s1. The molecule has 4 atom stereocenters. The van der Waals surface area contributed by atoms with Gasteiger partial charge in [0.05, 0.1) is 16.6 Å². The Morgan fingerprint density at radius 1 is 0.846 bits per heavy atom. The Bertz CT molecular complexity index is 1770. The molecule has 0 radical (unpaired) electrons. The summed E-state index contributed by atoms with van der Waals surface area (Å²) in [6, 6.07) is 26.3. The van der Waals surface area contributed by atoms with E-state index in [1.54, 1.807) is 6.07 Å². The van der Waals surface area contributed by atoms with E-state index in [9.17, 15) is 14.4 Å². The van der Waals surface area contributed by atoms with Gasteiger partial charge in [0.15, 0.2) is 5.78 Å². The molecule has 2 saturated heterocycles. The molecule has 0 aromatic heterocycles. The van der Waals surface area contributed by atoms with Gasteiger partial charge in [-0.25, -0.2) is 0 Å². The molecule has 6 nitrogen and oxygen atoms in total. The number of anilines is 2. The Labute approximate surface area is 230 Å². The van der Waals surface area contributed by atoms with Crippen molar-refractivity contribution in [3.8, 4) is 0 Å². The van der Waals surface area contributed by atoms with Crippen molar-refractivity contribution < 1.29 is 14.4 Å². The van der Waals surface area contributed by atoms with E-state index in [0.29, 0.717) is 46.1 Å². The molecule has 0 saturated carbocycles. The first-order valence-electron chi connectivity index (χ1n) is 13.3. The molecule has 2 amide bonds. The van der Waals surface area contributed by atoms with E-state index in [1.165, 1.54) is 0 Å². The smallest absolute Gasteiger partial charge is 0.251 e. The van der Waals surface area contributed by atoms with Crippen LogP contribution in [-0.4, -0.2) is 35.1 Å². The fraction of sp³-hybridized carbons (Fsp3) is 0.219. The van der Waals surface area contributed by atoms with Crippen LogP contribution in [0.2, 0.25) is 5.02 Å². The zero-order chi connectivity index (χ0) is 26.5. The highest BCUT2D eigenvalue weighted by molar-refractivity contribution is 6.35. The number of para-hydroxylation sites is 2. The van der Waals surface area contributed by atoms with Gasteiger partial charge in [0.1, 0.15) is 11.0 Å². The van der Waals surface area contributed by atoms with E-state index in [1.807, 2.05) is 78.9 Å². The summed E-state index contributed by atoms with van der Waals surface area (Å²) in [6.45, 7) is 0.600. The summed E-state index contributed by atoms with van der Waals surface area (Å²) in [4.78, 5) is 45.9. The van der Waals surface area contributed by atoms with Crippen molar-refractivity contribution in [1.29, 1.82) is 0 Å². The third kappa shape index (κ3) is 2.59. The first-order chi connectivity index (χ1) is 19.0. The highest BCUT2D eigenvalue weighted by Gasteiger charge is 2.81. The van der Waals surface area contributed by atoms with Crippen LogP contribution in [0.4, 0.5) is 11.4 Å². The molecule has 4 aliphatic heterocycles. The molecule has 4 aliphatic rings. The van der Waals surface area contributed by atoms with Crippen LogP contribution < -0.4 is 10.6 Å². The SMILES string of the molecule is O=C(c1ccc2ccccc2c1)[C@@H]1[C@@H]2CCCN2[C@]2(C(=O)Nc3c(Cl)cccc32)[C@]12C(=O)Nc1ccccc12. The summed E-state index contributed by atoms with van der Waals surface area (Å²) in [6.07, 6.45) is 1.54. The van der Waals surface area contributed by atoms with E-state index in [2.05, 4.69) is 15.5 Å². The van der Waals surface area contributed by atoms with Gasteiger partial charge in [-0.1, -0.05) is 78.3 Å². The fourth-order valence-corrected chi connectivity index (χ4v) is 8.31. The normalized spacial score (nSPS) is 28.5. The van der Waals surface area contributed by atoms with Crippen LogP contribution in [0.25, 0.3) is 10.8 Å². The third-order valence-corrected chi connectivity index (χ3v) is 9.71. The van der Waals surface area contributed by atoms with E-state index in [4.69, 9.17) is 11.6 Å². The molecule has 2 fully saturated rings. The summed E-state index contributed by atoms with van der Waals surface area (Å²) < 4.78 is 0. The highest BCUT2D eigenvalue weighted by Crippen LogP contribution is 2.68. The van der Waals surface area contributed by atoms with Crippen LogP contribution in [0.15, 0.2) is 84.9 Å². The molecule has 2 spiro atoms. The van der Waals surface area contributed by atoms with Crippen LogP contribution >= 0.6 is 11.6 Å². The van der Waals surface area contributed by atoms with Gasteiger partial charge in [-0.05, 0) is 53.9 Å². The van der Waals surface area contributed by atoms with Crippen molar-refractivity contribution in [2.75, 3.05) is 17.2 Å². The minimum absolute atomic E-state index is 0.121. The lowest BCUT2D eigenvalue weighted by Gasteiger charge is -2.43. The van der Waals surface area contributed by atoms with E-state index >= 15 is 0 Å². The van der Waals surface area contributed by atoms with Gasteiger partial charge < -0.3 is 10.6 Å². The maximum absolute atomic E-state index is 14.8. The second-order valence-electron chi connectivity index (χ2n) is 10.9. The molecule has 2 N–H and O–H groups in total. The molecule has 7 heteroatoms. The number of fused-ring (bicyclic) bond motifs is 8. The number of Topliss-reactive ketones (excluding diaryl/α,β-unsaturated/α-hetero) is 1. The molecule has 0 unspecified atom stereocenters. The zero-order valence-corrected chi connectivity index (χ0v) is 21.7. The first kappa shape index (κ1) is 22.9. The second kappa shape index (κ2) is 7.78. The Morgan fingerprint density at radius 2 is 1.62 bits per heavy atom. The van der Waals surface area contributed by atoms with Gasteiger partial charge in [0.25, 0.3) is 5.91 Å². The van der Waals surface area contributed by atoms with E-state index in [-0.39, 0.29) is 23.6 Å². The molecular weight excluding hydrogens is 510 g/mol. The van der Waals surface area contributed by atoms with Crippen molar-refractivity contribution in [2.24, 2.45) is 5.92 Å². The number of benzene rings is 4. The summed E-state index contributed by atoms with van der Waals surface area (Å²) >= 11 is 6.62. The number of hydrogen-bond acceptors (Lipinski definition) is 4. The highest BCUT2D eigenvalue weighted by atomic mass is 35.5. The van der Waals surface area contributed by atoms with Gasteiger partial charge >= 0.3 is 0 Å². The van der Waals surface area contributed by atoms with Crippen molar-refractivity contribution in [3.63, 3.8) is 0 Å². The number of rotatable bonds is 2. The Kier molecular flexibility index (Phi) is 4.57. The molecule has 8 rings (SSSR count). The summed E-state index contributed by atoms with van der Waals surface area (Å²) in [5.41, 5.74) is 0.162. The van der Waals surface area contributed by atoms with Gasteiger partial charge in [-0.3, -0.25) is 19.3 Å². The summed E-state index contributed by atoms with van der Waals surface area (Å²) in [5, 5.41) is 8.52. The molecule has 192 valence electrons. The average molecular weight is 534 g/mol. The summed E-state index contributed by atoms with van der Waals surface area (Å²) in [5.74, 6) is -1.52. The summed E-state index contributed by atoms with van der Waals surface area (Å²) in [7, 11) is 0. The van der Waals surface area contributed by atoms with Gasteiger partial charge in [0.2, 0.25) is 5.91 Å². The second-order valence-corrected chi connectivity index (χ2v) is 11.3. The lowest BCUT2D eigenvalue weighted by molar-refractivity contribution is -0.137. The lowest BCUT2D eigenvalue weighted by Crippen LogP contribution is -2.62. The molecule has 0 bridgehead atoms. The minimum Gasteiger partial charge on any atom is -0.325 e. The maximum atomic E-state index is 14.8. The third-order valence-electron chi connectivity index (χ3n) is 9.40. The van der Waals surface area contributed by atoms with Crippen molar-refractivity contribution >= 4 is 51.3 Å². The molecule has 39 heavy (non-hydrogen) atoms. The number of carbonyl (C=O) groups is 3. The molecule has 4 aromatic rings. The van der Waals surface area contributed by atoms with Crippen molar-refractivity contribution in [2.45, 2.75) is 29.8 Å². The topological polar surface area (TPSA) is 78.5 Å². The quantitative estimate of drug-likeness (QED) is 0.333. The van der Waals surface area contributed by atoms with E-state index < -0.39 is 16.9 Å². The lowest BCUT2D eigenvalue weighted by atomic mass is 9.57. The van der Waals surface area contributed by atoms with Gasteiger partial charge in [0, 0.05) is 22.9 Å². The Morgan fingerprint density at radius 3 is 2.49 bits per heavy atom. The number of carbonyl (C=O) groups excluding carboxylic acids is 3. The Balaban J connectivity index is 1.46. The van der Waals surface area contributed by atoms with Crippen molar-refractivity contribution in [3.05, 3.63) is 107 Å². The van der Waals surface area contributed by atoms with Crippen molar-refractivity contribution in [1.82, 2.24) is 4.90 Å². The van der Waals surface area contributed by atoms with Gasteiger partial charge in [-0.2, -0.15) is 0 Å². The van der Waals surface area contributed by atoms with Crippen LogP contribution in [0.1, 0.15) is 34.3 Å². The number of nitrogens with one attached hydrogen (secondary N) is 2. The molecule has 4 aromatic carbocycles. The molecule has 0 aliphatic carbocycles. The average Bonchev–Trinajstić information content (AvgIpc) is 3.67. The predicted molar refractivity (Wildman–Crippen MR) is 150 cm³/mol. The zero-order valence-electron chi connectivity index (χ0n) is 20.9.